The summed E-state index contributed by atoms with van der Waals surface area (Å²) in [7, 11) is 0. The topological polar surface area (TPSA) is 66.9 Å². The summed E-state index contributed by atoms with van der Waals surface area (Å²) in [6.45, 7) is 0.487. The van der Waals surface area contributed by atoms with Crippen LogP contribution in [-0.2, 0) is 6.42 Å². The van der Waals surface area contributed by atoms with Crippen molar-refractivity contribution in [3.05, 3.63) is 77.6 Å². The van der Waals surface area contributed by atoms with Crippen LogP contribution in [0, 0.1) is 0 Å². The van der Waals surface area contributed by atoms with Crippen LogP contribution >= 0.6 is 11.6 Å². The average Bonchev–Trinajstić information content (AvgIpc) is 2.63. The number of rotatable bonds is 5. The van der Waals surface area contributed by atoms with Gasteiger partial charge in [0.25, 0.3) is 0 Å². The summed E-state index contributed by atoms with van der Waals surface area (Å²) < 4.78 is 0. The summed E-state index contributed by atoms with van der Waals surface area (Å²) in [5, 5.41) is 6.11. The van der Waals surface area contributed by atoms with Crippen molar-refractivity contribution >= 4 is 23.3 Å². The highest BCUT2D eigenvalue weighted by Crippen LogP contribution is 2.15. The summed E-state index contributed by atoms with van der Waals surface area (Å²) in [5.41, 5.74) is 2.59. The monoisotopic (exact) mass is 352 g/mol. The Morgan fingerprint density at radius 3 is 2.48 bits per heavy atom. The number of carbonyl (C=O) groups excluding carboxylic acids is 1. The molecule has 5 nitrogen and oxygen atoms in total. The maximum atomic E-state index is 11.9. The molecule has 0 saturated heterocycles. The Hall–Kier alpha value is -2.92. The van der Waals surface area contributed by atoms with Crippen molar-refractivity contribution in [2.75, 3.05) is 11.9 Å². The van der Waals surface area contributed by atoms with Crippen LogP contribution in [0.3, 0.4) is 0 Å². The summed E-state index contributed by atoms with van der Waals surface area (Å²) in [6, 6.07) is 16.5. The number of amides is 2. The molecular weight excluding hydrogens is 336 g/mol. The summed E-state index contributed by atoms with van der Waals surface area (Å²) in [5.74, 6) is 0.691. The van der Waals surface area contributed by atoms with Crippen LogP contribution in [0.5, 0.6) is 0 Å². The second kappa shape index (κ2) is 8.26. The molecule has 0 radical (unpaired) electrons. The van der Waals surface area contributed by atoms with E-state index in [9.17, 15) is 4.79 Å². The predicted octanol–water partition coefficient (Wildman–Crippen LogP) is 4.16. The largest absolute Gasteiger partial charge is 0.338 e. The SMILES string of the molecule is O=C(NCCc1cnc(-c2ccccc2)nc1)Nc1cccc(Cl)c1. The zero-order chi connectivity index (χ0) is 17.5. The van der Waals surface area contributed by atoms with E-state index in [1.54, 1.807) is 36.7 Å². The van der Waals surface area contributed by atoms with Crippen LogP contribution in [0.4, 0.5) is 10.5 Å². The van der Waals surface area contributed by atoms with E-state index in [0.29, 0.717) is 29.5 Å². The molecule has 2 N–H and O–H groups in total. The quantitative estimate of drug-likeness (QED) is 0.724. The highest BCUT2D eigenvalue weighted by Gasteiger charge is 2.03. The van der Waals surface area contributed by atoms with E-state index in [2.05, 4.69) is 20.6 Å². The number of halogens is 1. The molecule has 0 saturated carbocycles. The fourth-order valence-corrected chi connectivity index (χ4v) is 2.47. The van der Waals surface area contributed by atoms with Gasteiger partial charge in [-0.25, -0.2) is 14.8 Å². The first-order valence-corrected chi connectivity index (χ1v) is 8.25. The van der Waals surface area contributed by atoms with Crippen molar-refractivity contribution in [3.63, 3.8) is 0 Å². The summed E-state index contributed by atoms with van der Waals surface area (Å²) >= 11 is 5.88. The number of nitrogens with zero attached hydrogens (tertiary/aromatic N) is 2. The molecule has 0 aliphatic rings. The number of hydrogen-bond acceptors (Lipinski definition) is 3. The maximum absolute atomic E-state index is 11.9. The highest BCUT2D eigenvalue weighted by atomic mass is 35.5. The van der Waals surface area contributed by atoms with E-state index in [1.165, 1.54) is 0 Å². The zero-order valence-corrected chi connectivity index (χ0v) is 14.2. The van der Waals surface area contributed by atoms with E-state index in [1.807, 2.05) is 30.3 Å². The van der Waals surface area contributed by atoms with Gasteiger partial charge in [-0.2, -0.15) is 0 Å². The average molecular weight is 353 g/mol. The van der Waals surface area contributed by atoms with Crippen molar-refractivity contribution in [3.8, 4) is 11.4 Å². The van der Waals surface area contributed by atoms with Gasteiger partial charge in [0.1, 0.15) is 0 Å². The van der Waals surface area contributed by atoms with Gasteiger partial charge in [0.15, 0.2) is 5.82 Å². The predicted molar refractivity (Wildman–Crippen MR) is 99.6 cm³/mol. The number of nitrogens with one attached hydrogen (secondary N) is 2. The van der Waals surface area contributed by atoms with Crippen molar-refractivity contribution in [1.29, 1.82) is 0 Å². The Morgan fingerprint density at radius 1 is 1.00 bits per heavy atom. The van der Waals surface area contributed by atoms with Crippen LogP contribution in [0.1, 0.15) is 5.56 Å². The van der Waals surface area contributed by atoms with E-state index in [-0.39, 0.29) is 6.03 Å². The number of aromatic nitrogens is 2. The van der Waals surface area contributed by atoms with Crippen molar-refractivity contribution in [2.45, 2.75) is 6.42 Å². The van der Waals surface area contributed by atoms with Crippen LogP contribution in [0.2, 0.25) is 5.02 Å². The molecule has 126 valence electrons. The van der Waals surface area contributed by atoms with Gasteiger partial charge in [0.2, 0.25) is 0 Å². The molecule has 0 aliphatic carbocycles. The number of carbonyl (C=O) groups is 1. The molecule has 3 aromatic rings. The number of hydrogen-bond donors (Lipinski definition) is 2. The lowest BCUT2D eigenvalue weighted by atomic mass is 10.2. The van der Waals surface area contributed by atoms with E-state index >= 15 is 0 Å². The summed E-state index contributed by atoms with van der Waals surface area (Å²) in [4.78, 5) is 20.6. The Balaban J connectivity index is 1.48. The molecule has 3 rings (SSSR count). The summed E-state index contributed by atoms with van der Waals surface area (Å²) in [6.07, 6.45) is 4.22. The van der Waals surface area contributed by atoms with Crippen LogP contribution < -0.4 is 10.6 Å². The molecule has 0 bridgehead atoms. The first-order valence-electron chi connectivity index (χ1n) is 7.87. The fourth-order valence-electron chi connectivity index (χ4n) is 2.28. The lowest BCUT2D eigenvalue weighted by molar-refractivity contribution is 0.252. The van der Waals surface area contributed by atoms with E-state index in [4.69, 9.17) is 11.6 Å². The van der Waals surface area contributed by atoms with E-state index < -0.39 is 0 Å². The number of anilines is 1. The van der Waals surface area contributed by atoms with Gasteiger partial charge in [0.05, 0.1) is 0 Å². The maximum Gasteiger partial charge on any atom is 0.319 e. The van der Waals surface area contributed by atoms with Crippen molar-refractivity contribution in [2.24, 2.45) is 0 Å². The minimum Gasteiger partial charge on any atom is -0.338 e. The van der Waals surface area contributed by atoms with Gasteiger partial charge in [-0.15, -0.1) is 0 Å². The lowest BCUT2D eigenvalue weighted by Gasteiger charge is -2.08. The minimum atomic E-state index is -0.274. The van der Waals surface area contributed by atoms with Crippen LogP contribution in [0.15, 0.2) is 67.0 Å². The third kappa shape index (κ3) is 5.02. The number of benzene rings is 2. The third-order valence-corrected chi connectivity index (χ3v) is 3.75. The normalized spacial score (nSPS) is 10.3. The first kappa shape index (κ1) is 16.9. The van der Waals surface area contributed by atoms with Gasteiger partial charge in [-0.3, -0.25) is 0 Å². The molecule has 2 amide bonds. The second-order valence-electron chi connectivity index (χ2n) is 5.42. The third-order valence-electron chi connectivity index (χ3n) is 3.52. The molecule has 0 spiro atoms. The second-order valence-corrected chi connectivity index (χ2v) is 5.86. The molecule has 1 heterocycles. The van der Waals surface area contributed by atoms with Crippen molar-refractivity contribution in [1.82, 2.24) is 15.3 Å². The Kier molecular flexibility index (Phi) is 5.59. The first-order chi connectivity index (χ1) is 12.2. The molecule has 0 unspecified atom stereocenters. The van der Waals surface area contributed by atoms with Gasteiger partial charge < -0.3 is 10.6 Å². The molecule has 0 atom stereocenters. The molecule has 2 aromatic carbocycles. The molecule has 0 fully saturated rings. The molecule has 25 heavy (non-hydrogen) atoms. The van der Waals surface area contributed by atoms with Gasteiger partial charge in [0, 0.05) is 35.2 Å². The molecule has 6 heteroatoms. The van der Waals surface area contributed by atoms with Crippen LogP contribution in [0.25, 0.3) is 11.4 Å². The Labute approximate surface area is 151 Å². The molecular formula is C19H17ClN4O. The zero-order valence-electron chi connectivity index (χ0n) is 13.4. The van der Waals surface area contributed by atoms with Crippen LogP contribution in [-0.4, -0.2) is 22.5 Å². The van der Waals surface area contributed by atoms with Gasteiger partial charge >= 0.3 is 6.03 Å². The Bertz CT molecular complexity index is 838. The van der Waals surface area contributed by atoms with Crippen molar-refractivity contribution < 1.29 is 4.79 Å². The van der Waals surface area contributed by atoms with E-state index in [0.717, 1.165) is 11.1 Å². The number of urea groups is 1. The van der Waals surface area contributed by atoms with Gasteiger partial charge in [-0.1, -0.05) is 48.0 Å². The minimum absolute atomic E-state index is 0.274. The highest BCUT2D eigenvalue weighted by molar-refractivity contribution is 6.30. The Morgan fingerprint density at radius 2 is 1.76 bits per heavy atom. The molecule has 0 aliphatic heterocycles. The smallest absolute Gasteiger partial charge is 0.319 e. The standard InChI is InChI=1S/C19H17ClN4O/c20-16-7-4-8-17(11-16)24-19(25)21-10-9-14-12-22-18(23-13-14)15-5-2-1-3-6-15/h1-8,11-13H,9-10H2,(H2,21,24,25). The molecule has 1 aromatic heterocycles. The lowest BCUT2D eigenvalue weighted by Crippen LogP contribution is -2.30. The fraction of sp³-hybridized carbons (Fsp3) is 0.105. The van der Waals surface area contributed by atoms with Gasteiger partial charge in [-0.05, 0) is 30.2 Å².